The van der Waals surface area contributed by atoms with Gasteiger partial charge >= 0.3 is 6.18 Å². The lowest BCUT2D eigenvalue weighted by Gasteiger charge is -2.13. The fourth-order valence-electron chi connectivity index (χ4n) is 4.39. The van der Waals surface area contributed by atoms with E-state index in [2.05, 4.69) is 20.4 Å². The van der Waals surface area contributed by atoms with Gasteiger partial charge in [-0.2, -0.15) is 22.7 Å². The Bertz CT molecular complexity index is 1980. The standard InChI is InChI=1S/C32H24F3N5O4S/c1-3-42-21-9-11-22(12-10-21)43-24-15-20(16-25(17-24)44-23-7-4-6-19(2)14-23)36-30(41)29-38-31-37-26(27-8-5-13-45-27)18-28(32(33,34)35)40(31)39-29/h4-18H,3H2,1-2H3,(H,36,41). The molecular weight excluding hydrogens is 607 g/mol. The minimum absolute atomic E-state index is 0.0706. The molecule has 1 N–H and O–H groups in total. The number of alkyl halides is 3. The topological polar surface area (TPSA) is 99.9 Å². The van der Waals surface area contributed by atoms with Crippen molar-refractivity contribution in [3.8, 4) is 39.3 Å². The number of rotatable bonds is 9. The zero-order chi connectivity index (χ0) is 31.6. The van der Waals surface area contributed by atoms with Crippen LogP contribution in [0.4, 0.5) is 18.9 Å². The molecule has 0 fully saturated rings. The molecule has 0 aliphatic heterocycles. The molecule has 0 radical (unpaired) electrons. The van der Waals surface area contributed by atoms with Crippen LogP contribution in [0.3, 0.4) is 0 Å². The molecule has 0 bridgehead atoms. The summed E-state index contributed by atoms with van der Waals surface area (Å²) < 4.78 is 60.0. The number of carbonyl (C=O) groups excluding carboxylic acids is 1. The number of aryl methyl sites for hydroxylation is 1. The molecular formula is C32H24F3N5O4S. The van der Waals surface area contributed by atoms with Gasteiger partial charge in [-0.3, -0.25) is 4.79 Å². The van der Waals surface area contributed by atoms with Crippen LogP contribution in [0, 0.1) is 6.92 Å². The van der Waals surface area contributed by atoms with Crippen LogP contribution in [0.15, 0.2) is 90.3 Å². The van der Waals surface area contributed by atoms with E-state index in [-0.39, 0.29) is 17.2 Å². The maximum absolute atomic E-state index is 14.0. The first-order chi connectivity index (χ1) is 21.6. The summed E-state index contributed by atoms with van der Waals surface area (Å²) in [6.07, 6.45) is -4.77. The van der Waals surface area contributed by atoms with Gasteiger partial charge in [-0.1, -0.05) is 18.2 Å². The van der Waals surface area contributed by atoms with E-state index < -0.39 is 23.6 Å². The second-order valence-electron chi connectivity index (χ2n) is 9.72. The van der Waals surface area contributed by atoms with Crippen molar-refractivity contribution in [3.05, 3.63) is 107 Å². The van der Waals surface area contributed by atoms with E-state index in [1.165, 1.54) is 11.3 Å². The number of nitrogens with one attached hydrogen (secondary N) is 1. The molecule has 9 nitrogen and oxygen atoms in total. The van der Waals surface area contributed by atoms with Crippen molar-refractivity contribution in [2.45, 2.75) is 20.0 Å². The zero-order valence-corrected chi connectivity index (χ0v) is 24.6. The van der Waals surface area contributed by atoms with Crippen molar-refractivity contribution in [1.29, 1.82) is 0 Å². The first-order valence-electron chi connectivity index (χ1n) is 13.7. The molecule has 13 heteroatoms. The van der Waals surface area contributed by atoms with Gasteiger partial charge in [0.1, 0.15) is 28.7 Å². The maximum atomic E-state index is 14.0. The Kier molecular flexibility index (Phi) is 8.09. The molecule has 0 saturated carbocycles. The summed E-state index contributed by atoms with van der Waals surface area (Å²) in [5, 5.41) is 8.22. The van der Waals surface area contributed by atoms with E-state index >= 15 is 0 Å². The van der Waals surface area contributed by atoms with E-state index in [4.69, 9.17) is 14.2 Å². The summed E-state index contributed by atoms with van der Waals surface area (Å²) in [6.45, 7) is 4.33. The molecule has 3 heterocycles. The summed E-state index contributed by atoms with van der Waals surface area (Å²) in [5.74, 6) is 0.668. The predicted octanol–water partition coefficient (Wildman–Crippen LogP) is 8.42. The van der Waals surface area contributed by atoms with Gasteiger partial charge in [0.25, 0.3) is 11.7 Å². The number of thiophene rings is 1. The fraction of sp³-hybridized carbons (Fsp3) is 0.125. The fourth-order valence-corrected chi connectivity index (χ4v) is 5.07. The van der Waals surface area contributed by atoms with Crippen molar-refractivity contribution in [3.63, 3.8) is 0 Å². The monoisotopic (exact) mass is 631 g/mol. The van der Waals surface area contributed by atoms with E-state index in [0.29, 0.717) is 44.7 Å². The molecule has 0 spiro atoms. The van der Waals surface area contributed by atoms with Gasteiger partial charge in [0, 0.05) is 23.9 Å². The summed E-state index contributed by atoms with van der Waals surface area (Å²) in [4.78, 5) is 22.1. The Hall–Kier alpha value is -5.43. The molecule has 1 amide bonds. The van der Waals surface area contributed by atoms with E-state index in [9.17, 15) is 18.0 Å². The van der Waals surface area contributed by atoms with Crippen molar-refractivity contribution in [1.82, 2.24) is 19.6 Å². The Balaban J connectivity index is 1.32. The van der Waals surface area contributed by atoms with Crippen LogP contribution >= 0.6 is 11.3 Å². The molecule has 6 aromatic rings. The Morgan fingerprint density at radius 1 is 0.867 bits per heavy atom. The highest BCUT2D eigenvalue weighted by Gasteiger charge is 2.36. The van der Waals surface area contributed by atoms with Crippen LogP contribution in [0.2, 0.25) is 0 Å². The number of nitrogens with zero attached hydrogens (tertiary/aromatic N) is 4. The number of hydrogen-bond acceptors (Lipinski definition) is 8. The van der Waals surface area contributed by atoms with Crippen molar-refractivity contribution in [2.24, 2.45) is 0 Å². The number of fused-ring (bicyclic) bond motifs is 1. The summed E-state index contributed by atoms with van der Waals surface area (Å²) in [6, 6.07) is 23.3. The molecule has 0 aliphatic carbocycles. The van der Waals surface area contributed by atoms with Crippen LogP contribution in [-0.4, -0.2) is 32.1 Å². The van der Waals surface area contributed by atoms with E-state index in [0.717, 1.165) is 11.6 Å². The molecule has 0 saturated heterocycles. The molecule has 228 valence electrons. The summed E-state index contributed by atoms with van der Waals surface area (Å²) in [7, 11) is 0. The number of amides is 1. The number of hydrogen-bond donors (Lipinski definition) is 1. The Labute approximate surface area is 258 Å². The normalized spacial score (nSPS) is 11.4. The second kappa shape index (κ2) is 12.3. The van der Waals surface area contributed by atoms with Gasteiger partial charge in [-0.15, -0.1) is 16.4 Å². The summed E-state index contributed by atoms with van der Waals surface area (Å²) >= 11 is 1.23. The minimum Gasteiger partial charge on any atom is -0.494 e. The van der Waals surface area contributed by atoms with Gasteiger partial charge in [-0.25, -0.2) is 4.98 Å². The zero-order valence-electron chi connectivity index (χ0n) is 23.8. The largest absolute Gasteiger partial charge is 0.494 e. The highest BCUT2D eigenvalue weighted by molar-refractivity contribution is 7.13. The van der Waals surface area contributed by atoms with Crippen LogP contribution in [0.25, 0.3) is 16.3 Å². The summed E-state index contributed by atoms with van der Waals surface area (Å²) in [5.41, 5.74) is 0.173. The van der Waals surface area contributed by atoms with Gasteiger partial charge < -0.3 is 19.5 Å². The first-order valence-corrected chi connectivity index (χ1v) is 14.5. The second-order valence-corrected chi connectivity index (χ2v) is 10.7. The lowest BCUT2D eigenvalue weighted by molar-refractivity contribution is -0.142. The number of anilines is 1. The van der Waals surface area contributed by atoms with Crippen LogP contribution in [-0.2, 0) is 6.18 Å². The third kappa shape index (κ3) is 6.88. The first kappa shape index (κ1) is 29.6. The van der Waals surface area contributed by atoms with Crippen LogP contribution < -0.4 is 19.5 Å². The van der Waals surface area contributed by atoms with Gasteiger partial charge in [0.2, 0.25) is 5.82 Å². The highest BCUT2D eigenvalue weighted by atomic mass is 32.1. The number of benzene rings is 3. The van der Waals surface area contributed by atoms with Crippen LogP contribution in [0.1, 0.15) is 28.8 Å². The molecule has 3 aromatic heterocycles. The molecule has 45 heavy (non-hydrogen) atoms. The lowest BCUT2D eigenvalue weighted by atomic mass is 10.2. The molecule has 0 atom stereocenters. The number of aromatic nitrogens is 4. The van der Waals surface area contributed by atoms with Crippen molar-refractivity contribution in [2.75, 3.05) is 11.9 Å². The number of halogens is 3. The average molecular weight is 632 g/mol. The third-order valence-corrected chi connectivity index (χ3v) is 7.21. The average Bonchev–Trinajstić information content (AvgIpc) is 3.68. The van der Waals surface area contributed by atoms with Crippen molar-refractivity contribution < 1.29 is 32.2 Å². The highest BCUT2D eigenvalue weighted by Crippen LogP contribution is 2.35. The molecule has 6 rings (SSSR count). The lowest BCUT2D eigenvalue weighted by Crippen LogP contribution is -2.16. The molecule has 3 aromatic carbocycles. The molecule has 0 aliphatic rings. The minimum atomic E-state index is -4.77. The Morgan fingerprint density at radius 2 is 1.60 bits per heavy atom. The maximum Gasteiger partial charge on any atom is 0.433 e. The van der Waals surface area contributed by atoms with Crippen molar-refractivity contribution >= 4 is 28.7 Å². The quantitative estimate of drug-likeness (QED) is 0.171. The van der Waals surface area contributed by atoms with E-state index in [1.807, 2.05) is 32.0 Å². The van der Waals surface area contributed by atoms with Gasteiger partial charge in [0.15, 0.2) is 5.69 Å². The molecule has 0 unspecified atom stereocenters. The van der Waals surface area contributed by atoms with Crippen LogP contribution in [0.5, 0.6) is 28.7 Å². The SMILES string of the molecule is CCOc1ccc(Oc2cc(NC(=O)c3nc4nc(-c5cccs5)cc(C(F)(F)F)n4n3)cc(Oc3cccc(C)c3)c2)cc1. The smallest absolute Gasteiger partial charge is 0.433 e. The van der Waals surface area contributed by atoms with Gasteiger partial charge in [-0.05, 0) is 73.3 Å². The number of ether oxygens (including phenoxy) is 3. The Morgan fingerprint density at radius 3 is 2.27 bits per heavy atom. The number of carbonyl (C=O) groups is 1. The third-order valence-electron chi connectivity index (χ3n) is 6.31. The van der Waals surface area contributed by atoms with E-state index in [1.54, 1.807) is 66.0 Å². The van der Waals surface area contributed by atoms with Gasteiger partial charge in [0.05, 0.1) is 17.2 Å². The predicted molar refractivity (Wildman–Crippen MR) is 162 cm³/mol.